The maximum atomic E-state index is 13.6. The number of anilines is 1. The van der Waals surface area contributed by atoms with Crippen molar-refractivity contribution in [3.8, 4) is 28.4 Å². The summed E-state index contributed by atoms with van der Waals surface area (Å²) in [6, 6.07) is 8.28. The Morgan fingerprint density at radius 3 is 2.52 bits per heavy atom. The number of fused-ring (bicyclic) bond motifs is 1. The van der Waals surface area contributed by atoms with Crippen molar-refractivity contribution in [2.45, 2.75) is 31.8 Å². The van der Waals surface area contributed by atoms with Gasteiger partial charge in [-0.2, -0.15) is 5.10 Å². The zero-order valence-electron chi connectivity index (χ0n) is 23.0. The molecule has 2 aromatic carbocycles. The van der Waals surface area contributed by atoms with E-state index in [9.17, 15) is 19.5 Å². The fraction of sp³-hybridized carbons (Fsp3) is 0.379. The number of benzene rings is 2. The van der Waals surface area contributed by atoms with E-state index in [0.29, 0.717) is 66.6 Å². The number of methoxy groups -OCH3 is 1. The lowest BCUT2D eigenvalue weighted by Crippen LogP contribution is -2.52. The van der Waals surface area contributed by atoms with Crippen molar-refractivity contribution in [2.75, 3.05) is 38.8 Å². The number of hydrogen-bond acceptors (Lipinski definition) is 7. The summed E-state index contributed by atoms with van der Waals surface area (Å²) in [7, 11) is 4.81. The molecule has 0 saturated carbocycles. The standard InChI is InChI=1S/C29H32N4O7/c1-5-39-25-13-18(12-24(38-4)26(25)19-16-30-31(2)17-19)27(35)33-10-8-29(9-11-33)15-22(34)21-14-20(32(3)28(36)37)6-7-23(21)40-29/h6-7,12-14,16-17H,5,8-11,15H2,1-4H3,(H,36,37). The molecule has 1 aromatic heterocycles. The fourth-order valence-corrected chi connectivity index (χ4v) is 5.36. The Hall–Kier alpha value is -4.54. The summed E-state index contributed by atoms with van der Waals surface area (Å²) < 4.78 is 19.6. The summed E-state index contributed by atoms with van der Waals surface area (Å²) in [4.78, 5) is 40.8. The minimum absolute atomic E-state index is 0.0984. The Kier molecular flexibility index (Phi) is 7.14. The van der Waals surface area contributed by atoms with E-state index in [-0.39, 0.29) is 18.1 Å². The highest BCUT2D eigenvalue weighted by molar-refractivity contribution is 6.02. The topological polar surface area (TPSA) is 123 Å². The van der Waals surface area contributed by atoms with Crippen LogP contribution in [0.25, 0.3) is 11.1 Å². The largest absolute Gasteiger partial charge is 0.496 e. The first-order chi connectivity index (χ1) is 19.1. The number of piperidine rings is 1. The summed E-state index contributed by atoms with van der Waals surface area (Å²) in [5, 5.41) is 13.5. The lowest BCUT2D eigenvalue weighted by Gasteiger charge is -2.44. The summed E-state index contributed by atoms with van der Waals surface area (Å²) in [5.74, 6) is 1.24. The molecule has 11 heteroatoms. The summed E-state index contributed by atoms with van der Waals surface area (Å²) in [5.41, 5.74) is 2.07. The second-order valence-electron chi connectivity index (χ2n) is 10.1. The number of hydrogen-bond donors (Lipinski definition) is 1. The van der Waals surface area contributed by atoms with Gasteiger partial charge in [-0.3, -0.25) is 19.2 Å². The molecule has 0 bridgehead atoms. The molecule has 1 fully saturated rings. The first kappa shape index (κ1) is 27.0. The zero-order chi connectivity index (χ0) is 28.6. The second-order valence-corrected chi connectivity index (χ2v) is 10.1. The van der Waals surface area contributed by atoms with Crippen molar-refractivity contribution in [3.63, 3.8) is 0 Å². The van der Waals surface area contributed by atoms with Gasteiger partial charge in [-0.05, 0) is 37.3 Å². The molecule has 2 aliphatic heterocycles. The molecule has 0 atom stereocenters. The third kappa shape index (κ3) is 4.94. The summed E-state index contributed by atoms with van der Waals surface area (Å²) in [6.45, 7) is 3.13. The Morgan fingerprint density at radius 2 is 1.90 bits per heavy atom. The van der Waals surface area contributed by atoms with Crippen LogP contribution >= 0.6 is 0 Å². The molecule has 0 radical (unpaired) electrons. The van der Waals surface area contributed by atoms with Crippen LogP contribution in [0.1, 0.15) is 46.9 Å². The predicted octanol–water partition coefficient (Wildman–Crippen LogP) is 4.25. The number of ether oxygens (including phenoxy) is 3. The van der Waals surface area contributed by atoms with Crippen molar-refractivity contribution in [2.24, 2.45) is 7.05 Å². The number of carboxylic acid groups (broad SMARTS) is 1. The molecule has 210 valence electrons. The van der Waals surface area contributed by atoms with Crippen LogP contribution in [0.5, 0.6) is 17.2 Å². The number of carbonyl (C=O) groups is 3. The number of aromatic nitrogens is 2. The quantitative estimate of drug-likeness (QED) is 0.485. The maximum absolute atomic E-state index is 13.6. The molecule has 3 heterocycles. The van der Waals surface area contributed by atoms with E-state index in [1.54, 1.807) is 53.2 Å². The van der Waals surface area contributed by atoms with Crippen LogP contribution in [0.2, 0.25) is 0 Å². The lowest BCUT2D eigenvalue weighted by atomic mass is 9.82. The highest BCUT2D eigenvalue weighted by atomic mass is 16.5. The van der Waals surface area contributed by atoms with Gasteiger partial charge in [-0.25, -0.2) is 4.79 Å². The molecular weight excluding hydrogens is 516 g/mol. The van der Waals surface area contributed by atoms with Crippen molar-refractivity contribution in [3.05, 3.63) is 53.9 Å². The fourth-order valence-electron chi connectivity index (χ4n) is 5.36. The van der Waals surface area contributed by atoms with Crippen molar-refractivity contribution >= 4 is 23.5 Å². The van der Waals surface area contributed by atoms with E-state index in [0.717, 1.165) is 16.0 Å². The number of carbonyl (C=O) groups excluding carboxylic acids is 2. The van der Waals surface area contributed by atoms with Gasteiger partial charge in [0.05, 0.1) is 37.5 Å². The molecule has 0 aliphatic carbocycles. The molecule has 1 spiro atoms. The van der Waals surface area contributed by atoms with Gasteiger partial charge >= 0.3 is 6.09 Å². The minimum Gasteiger partial charge on any atom is -0.496 e. The number of nitrogens with zero attached hydrogens (tertiary/aromatic N) is 4. The van der Waals surface area contributed by atoms with E-state index >= 15 is 0 Å². The highest BCUT2D eigenvalue weighted by Crippen LogP contribution is 2.42. The molecule has 1 saturated heterocycles. The predicted molar refractivity (Wildman–Crippen MR) is 147 cm³/mol. The molecule has 11 nitrogen and oxygen atoms in total. The molecule has 5 rings (SSSR count). The van der Waals surface area contributed by atoms with Gasteiger partial charge in [-0.15, -0.1) is 0 Å². The van der Waals surface area contributed by atoms with Crippen molar-refractivity contribution in [1.82, 2.24) is 14.7 Å². The average molecular weight is 549 g/mol. The van der Waals surface area contributed by atoms with E-state index in [1.165, 1.54) is 7.05 Å². The van der Waals surface area contributed by atoms with Crippen LogP contribution < -0.4 is 19.1 Å². The molecular formula is C29H32N4O7. The van der Waals surface area contributed by atoms with E-state index < -0.39 is 11.7 Å². The maximum Gasteiger partial charge on any atom is 0.411 e. The summed E-state index contributed by atoms with van der Waals surface area (Å²) >= 11 is 0. The molecule has 3 aromatic rings. The Bertz CT molecular complexity index is 1470. The average Bonchev–Trinajstić information content (AvgIpc) is 3.37. The van der Waals surface area contributed by atoms with Gasteiger partial charge in [0, 0.05) is 63.0 Å². The SMILES string of the molecule is CCOc1cc(C(=O)N2CCC3(CC2)CC(=O)c2cc(N(C)C(=O)O)ccc2O3)cc(OC)c1-c1cnn(C)c1. The number of Topliss-reactive ketones (excluding diaryl/α,β-unsaturated/α-hetero) is 1. The number of likely N-dealkylation sites (tertiary alicyclic amines) is 1. The monoisotopic (exact) mass is 548 g/mol. The number of ketones is 1. The van der Waals surface area contributed by atoms with Gasteiger partial charge in [0.25, 0.3) is 5.91 Å². The van der Waals surface area contributed by atoms with Gasteiger partial charge in [-0.1, -0.05) is 0 Å². The molecule has 2 amide bonds. The normalized spacial score (nSPS) is 15.8. The highest BCUT2D eigenvalue weighted by Gasteiger charge is 2.44. The van der Waals surface area contributed by atoms with Crippen LogP contribution in [0.4, 0.5) is 10.5 Å². The molecule has 2 aliphatic rings. The van der Waals surface area contributed by atoms with Crippen LogP contribution in [0.15, 0.2) is 42.7 Å². The van der Waals surface area contributed by atoms with Crippen molar-refractivity contribution in [1.29, 1.82) is 0 Å². The smallest absolute Gasteiger partial charge is 0.411 e. The minimum atomic E-state index is -1.12. The molecule has 1 N–H and O–H groups in total. The van der Waals surface area contributed by atoms with E-state index in [2.05, 4.69) is 5.10 Å². The zero-order valence-corrected chi connectivity index (χ0v) is 23.0. The van der Waals surface area contributed by atoms with Crippen LogP contribution in [0.3, 0.4) is 0 Å². The number of amides is 2. The first-order valence-corrected chi connectivity index (χ1v) is 13.1. The third-order valence-electron chi connectivity index (χ3n) is 7.54. The van der Waals surface area contributed by atoms with Gasteiger partial charge in [0.2, 0.25) is 0 Å². The van der Waals surface area contributed by atoms with E-state index in [1.807, 2.05) is 20.2 Å². The van der Waals surface area contributed by atoms with Crippen LogP contribution in [-0.4, -0.2) is 77.0 Å². The lowest BCUT2D eigenvalue weighted by molar-refractivity contribution is -0.00573. The van der Waals surface area contributed by atoms with Crippen LogP contribution in [0, 0.1) is 0 Å². The Labute approximate surface area is 231 Å². The first-order valence-electron chi connectivity index (χ1n) is 13.1. The third-order valence-corrected chi connectivity index (χ3v) is 7.54. The van der Waals surface area contributed by atoms with Gasteiger partial charge < -0.3 is 24.2 Å². The molecule has 40 heavy (non-hydrogen) atoms. The van der Waals surface area contributed by atoms with Crippen molar-refractivity contribution < 1.29 is 33.7 Å². The van der Waals surface area contributed by atoms with Gasteiger partial charge in [0.1, 0.15) is 22.8 Å². The van der Waals surface area contributed by atoms with Gasteiger partial charge in [0.15, 0.2) is 5.78 Å². The van der Waals surface area contributed by atoms with Crippen LogP contribution in [-0.2, 0) is 7.05 Å². The second kappa shape index (κ2) is 10.6. The summed E-state index contributed by atoms with van der Waals surface area (Å²) in [6.07, 6.45) is 3.62. The van der Waals surface area contributed by atoms with E-state index in [4.69, 9.17) is 14.2 Å². The number of rotatable bonds is 6. The molecule has 0 unspecified atom stereocenters. The Morgan fingerprint density at radius 1 is 1.18 bits per heavy atom. The number of aryl methyl sites for hydroxylation is 1. The Balaban J connectivity index is 1.34.